The van der Waals surface area contributed by atoms with Crippen molar-refractivity contribution in [1.29, 1.82) is 0 Å². The molecule has 1 aromatic heterocycles. The number of fused-ring (bicyclic) bond motifs is 1. The zero-order valence-electron chi connectivity index (χ0n) is 18.3. The first kappa shape index (κ1) is 20.0. The van der Waals surface area contributed by atoms with Crippen LogP contribution >= 0.6 is 0 Å². The van der Waals surface area contributed by atoms with Crippen molar-refractivity contribution in [3.8, 4) is 0 Å². The molecule has 3 aromatic carbocycles. The van der Waals surface area contributed by atoms with E-state index < -0.39 is 0 Å². The summed E-state index contributed by atoms with van der Waals surface area (Å²) in [6, 6.07) is 29.6. The Labute approximate surface area is 189 Å². The van der Waals surface area contributed by atoms with Crippen LogP contribution in [0.15, 0.2) is 122 Å². The summed E-state index contributed by atoms with van der Waals surface area (Å²) < 4.78 is 0. The molecule has 1 heteroatoms. The standard InChI is InChI=1S/C31H25N/c1-22-10-6-9-15-29(22)30(27-17-16-26(19-27)24-11-4-3-5-12-24)18-23(2)31-20-25-13-7-8-14-28(25)21-32-31/h3-18,20-21H,2,19H2,1H3/b30-18-. The lowest BCUT2D eigenvalue weighted by atomic mass is 9.90. The lowest BCUT2D eigenvalue weighted by Crippen LogP contribution is -1.95. The molecule has 1 aliphatic rings. The van der Waals surface area contributed by atoms with E-state index in [-0.39, 0.29) is 0 Å². The molecule has 0 amide bonds. The van der Waals surface area contributed by atoms with Crippen molar-refractivity contribution in [3.05, 3.63) is 144 Å². The third-order valence-corrected chi connectivity index (χ3v) is 6.07. The number of hydrogen-bond donors (Lipinski definition) is 0. The molecule has 1 aliphatic carbocycles. The summed E-state index contributed by atoms with van der Waals surface area (Å²) in [6.45, 7) is 6.56. The highest BCUT2D eigenvalue weighted by atomic mass is 14.7. The second-order valence-corrected chi connectivity index (χ2v) is 8.24. The second-order valence-electron chi connectivity index (χ2n) is 8.24. The summed E-state index contributed by atoms with van der Waals surface area (Å²) in [6.07, 6.45) is 9.53. The number of aromatic nitrogens is 1. The van der Waals surface area contributed by atoms with Gasteiger partial charge in [-0.3, -0.25) is 4.98 Å². The fraction of sp³-hybridized carbons (Fsp3) is 0.0645. The average molecular weight is 412 g/mol. The number of hydrogen-bond acceptors (Lipinski definition) is 1. The molecule has 0 atom stereocenters. The van der Waals surface area contributed by atoms with Gasteiger partial charge in [0.25, 0.3) is 0 Å². The van der Waals surface area contributed by atoms with Crippen molar-refractivity contribution in [1.82, 2.24) is 4.98 Å². The number of rotatable bonds is 5. The SMILES string of the molecule is C=C(/C=C(/C1=CC=C(c2ccccc2)C1)c1ccccc1C)c1cc2ccccc2cn1. The smallest absolute Gasteiger partial charge is 0.0702 e. The Hall–Kier alpha value is -3.97. The van der Waals surface area contributed by atoms with E-state index in [2.05, 4.69) is 116 Å². The Morgan fingerprint density at radius 1 is 0.844 bits per heavy atom. The van der Waals surface area contributed by atoms with E-state index in [1.807, 2.05) is 12.3 Å². The summed E-state index contributed by atoms with van der Waals surface area (Å²) in [5, 5.41) is 2.32. The molecule has 0 saturated carbocycles. The number of nitrogens with zero attached hydrogens (tertiary/aromatic N) is 1. The number of benzene rings is 3. The lowest BCUT2D eigenvalue weighted by molar-refractivity contribution is 1.30. The molecule has 0 N–H and O–H groups in total. The van der Waals surface area contributed by atoms with Crippen LogP contribution in [-0.4, -0.2) is 4.98 Å². The quantitative estimate of drug-likeness (QED) is 0.303. The maximum Gasteiger partial charge on any atom is 0.0702 e. The summed E-state index contributed by atoms with van der Waals surface area (Å²) in [5.74, 6) is 0. The van der Waals surface area contributed by atoms with Gasteiger partial charge in [0.15, 0.2) is 0 Å². The van der Waals surface area contributed by atoms with Gasteiger partial charge in [0.2, 0.25) is 0 Å². The Kier molecular flexibility index (Phi) is 5.39. The summed E-state index contributed by atoms with van der Waals surface area (Å²) >= 11 is 0. The van der Waals surface area contributed by atoms with Crippen LogP contribution in [0.25, 0.3) is 27.5 Å². The third-order valence-electron chi connectivity index (χ3n) is 6.07. The topological polar surface area (TPSA) is 12.9 Å². The molecule has 0 saturated heterocycles. The molecule has 0 radical (unpaired) electrons. The van der Waals surface area contributed by atoms with Gasteiger partial charge in [-0.25, -0.2) is 0 Å². The van der Waals surface area contributed by atoms with Gasteiger partial charge >= 0.3 is 0 Å². The molecule has 1 nitrogen and oxygen atoms in total. The second kappa shape index (κ2) is 8.64. The fourth-order valence-electron chi connectivity index (χ4n) is 4.29. The minimum absolute atomic E-state index is 0.905. The molecule has 0 spiro atoms. The van der Waals surface area contributed by atoms with Crippen LogP contribution < -0.4 is 0 Å². The van der Waals surface area contributed by atoms with Crippen LogP contribution in [0.5, 0.6) is 0 Å². The predicted molar refractivity (Wildman–Crippen MR) is 137 cm³/mol. The number of pyridine rings is 1. The van der Waals surface area contributed by atoms with Crippen LogP contribution in [0.2, 0.25) is 0 Å². The molecule has 154 valence electrons. The van der Waals surface area contributed by atoms with Crippen LogP contribution in [0.1, 0.15) is 28.8 Å². The Morgan fingerprint density at radius 3 is 2.38 bits per heavy atom. The van der Waals surface area contributed by atoms with E-state index in [1.54, 1.807) is 0 Å². The molecule has 0 aliphatic heterocycles. The van der Waals surface area contributed by atoms with E-state index in [0.29, 0.717) is 0 Å². The highest BCUT2D eigenvalue weighted by Gasteiger charge is 2.17. The number of aryl methyl sites for hydroxylation is 1. The Bertz CT molecular complexity index is 1400. The van der Waals surface area contributed by atoms with Crippen molar-refractivity contribution in [3.63, 3.8) is 0 Å². The molecule has 1 heterocycles. The van der Waals surface area contributed by atoms with E-state index in [4.69, 9.17) is 0 Å². The van der Waals surface area contributed by atoms with Crippen LogP contribution in [0, 0.1) is 6.92 Å². The molecule has 5 rings (SSSR count). The van der Waals surface area contributed by atoms with Gasteiger partial charge in [-0.2, -0.15) is 0 Å². The van der Waals surface area contributed by atoms with Crippen molar-refractivity contribution < 1.29 is 0 Å². The first-order valence-electron chi connectivity index (χ1n) is 11.0. The maximum absolute atomic E-state index is 4.69. The van der Waals surface area contributed by atoms with Gasteiger partial charge in [0, 0.05) is 11.6 Å². The molecule has 0 bridgehead atoms. The predicted octanol–water partition coefficient (Wildman–Crippen LogP) is 8.05. The first-order valence-corrected chi connectivity index (χ1v) is 11.0. The third kappa shape index (κ3) is 3.98. The number of allylic oxidation sites excluding steroid dienone is 7. The van der Waals surface area contributed by atoms with Crippen molar-refractivity contribution in [2.24, 2.45) is 0 Å². The highest BCUT2D eigenvalue weighted by Crippen LogP contribution is 2.38. The zero-order valence-corrected chi connectivity index (χ0v) is 18.3. The first-order chi connectivity index (χ1) is 15.7. The summed E-state index contributed by atoms with van der Waals surface area (Å²) in [7, 11) is 0. The van der Waals surface area contributed by atoms with Crippen molar-refractivity contribution in [2.75, 3.05) is 0 Å². The van der Waals surface area contributed by atoms with Crippen LogP contribution in [0.3, 0.4) is 0 Å². The van der Waals surface area contributed by atoms with Crippen LogP contribution in [0.4, 0.5) is 0 Å². The minimum atomic E-state index is 0.905. The maximum atomic E-state index is 4.69. The molecule has 0 unspecified atom stereocenters. The normalized spacial score (nSPS) is 13.7. The van der Waals surface area contributed by atoms with Gasteiger partial charge in [-0.05, 0) is 69.9 Å². The minimum Gasteiger partial charge on any atom is -0.256 e. The van der Waals surface area contributed by atoms with Gasteiger partial charge in [-0.1, -0.05) is 97.6 Å². The zero-order chi connectivity index (χ0) is 21.9. The van der Waals surface area contributed by atoms with Gasteiger partial charge < -0.3 is 0 Å². The Morgan fingerprint density at radius 2 is 1.56 bits per heavy atom. The van der Waals surface area contributed by atoms with Gasteiger partial charge in [-0.15, -0.1) is 0 Å². The van der Waals surface area contributed by atoms with E-state index in [9.17, 15) is 0 Å². The molecule has 32 heavy (non-hydrogen) atoms. The molecule has 4 aromatic rings. The summed E-state index contributed by atoms with van der Waals surface area (Å²) in [4.78, 5) is 4.69. The van der Waals surface area contributed by atoms with E-state index in [1.165, 1.54) is 38.8 Å². The van der Waals surface area contributed by atoms with E-state index >= 15 is 0 Å². The van der Waals surface area contributed by atoms with Crippen LogP contribution in [-0.2, 0) is 0 Å². The molecular weight excluding hydrogens is 386 g/mol. The Balaban J connectivity index is 1.52. The monoisotopic (exact) mass is 411 g/mol. The van der Waals surface area contributed by atoms with E-state index in [0.717, 1.165) is 23.1 Å². The fourth-order valence-corrected chi connectivity index (χ4v) is 4.29. The van der Waals surface area contributed by atoms with Crippen molar-refractivity contribution >= 4 is 27.5 Å². The molecule has 0 fully saturated rings. The average Bonchev–Trinajstić information content (AvgIpc) is 3.33. The largest absolute Gasteiger partial charge is 0.256 e. The van der Waals surface area contributed by atoms with Gasteiger partial charge in [0.1, 0.15) is 0 Å². The summed E-state index contributed by atoms with van der Waals surface area (Å²) in [5.41, 5.74) is 9.46. The van der Waals surface area contributed by atoms with Gasteiger partial charge in [0.05, 0.1) is 5.69 Å². The lowest BCUT2D eigenvalue weighted by Gasteiger charge is -2.15. The van der Waals surface area contributed by atoms with Crippen molar-refractivity contribution in [2.45, 2.75) is 13.3 Å². The molecular formula is C31H25N. The highest BCUT2D eigenvalue weighted by molar-refractivity contribution is 5.94.